The summed E-state index contributed by atoms with van der Waals surface area (Å²) in [5.41, 5.74) is 4.64. The Morgan fingerprint density at radius 3 is 2.48 bits per heavy atom. The van der Waals surface area contributed by atoms with Crippen LogP contribution in [0, 0.1) is 5.92 Å². The van der Waals surface area contributed by atoms with Crippen LogP contribution in [0.1, 0.15) is 54.8 Å². The second-order valence-electron chi connectivity index (χ2n) is 11.2. The van der Waals surface area contributed by atoms with Gasteiger partial charge >= 0.3 is 0 Å². The molecule has 1 aliphatic heterocycles. The molecule has 0 spiro atoms. The molecule has 3 aromatic rings. The monoisotopic (exact) mass is 558 g/mol. The maximum absolute atomic E-state index is 14.1. The van der Waals surface area contributed by atoms with Crippen molar-refractivity contribution in [2.75, 3.05) is 42.9 Å². The Hall–Kier alpha value is -3.20. The number of hydrogen-bond acceptors (Lipinski definition) is 5. The van der Waals surface area contributed by atoms with E-state index in [1.54, 1.807) is 6.07 Å². The summed E-state index contributed by atoms with van der Waals surface area (Å²) in [6, 6.07) is 23.3. The summed E-state index contributed by atoms with van der Waals surface area (Å²) in [5, 5.41) is 3.02. The predicted molar refractivity (Wildman–Crippen MR) is 159 cm³/mol. The molecule has 1 heterocycles. The Balaban J connectivity index is 1.27. The van der Waals surface area contributed by atoms with Gasteiger partial charge in [0.05, 0.1) is 5.69 Å². The summed E-state index contributed by atoms with van der Waals surface area (Å²) in [6.07, 6.45) is 3.48. The zero-order chi connectivity index (χ0) is 27.7. The maximum atomic E-state index is 14.1. The maximum Gasteiger partial charge on any atom is 0.243 e. The third-order valence-corrected chi connectivity index (χ3v) is 10.2. The first kappa shape index (κ1) is 27.0. The molecule has 210 valence electrons. The lowest BCUT2D eigenvalue weighted by Crippen LogP contribution is -2.46. The molecule has 40 heavy (non-hydrogen) atoms. The molecule has 1 amide bonds. The number of carbonyl (C=O) groups is 1. The Kier molecular flexibility index (Phi) is 7.66. The van der Waals surface area contributed by atoms with Crippen molar-refractivity contribution in [3.05, 3.63) is 89.5 Å². The summed E-state index contributed by atoms with van der Waals surface area (Å²) in [7, 11) is -3.87. The van der Waals surface area contributed by atoms with E-state index in [0.717, 1.165) is 64.0 Å². The van der Waals surface area contributed by atoms with Crippen LogP contribution in [0.2, 0.25) is 0 Å². The third-order valence-electron chi connectivity index (χ3n) is 8.70. The van der Waals surface area contributed by atoms with Gasteiger partial charge in [-0.3, -0.25) is 4.79 Å². The second kappa shape index (κ2) is 11.4. The van der Waals surface area contributed by atoms with Crippen molar-refractivity contribution >= 4 is 27.3 Å². The van der Waals surface area contributed by atoms with Crippen molar-refractivity contribution in [1.82, 2.24) is 9.62 Å². The molecule has 6 rings (SSSR count). The predicted octanol–water partition coefficient (Wildman–Crippen LogP) is 4.93. The van der Waals surface area contributed by atoms with Gasteiger partial charge in [-0.15, -0.1) is 0 Å². The lowest BCUT2D eigenvalue weighted by atomic mass is 9.88. The fourth-order valence-electron chi connectivity index (χ4n) is 6.29. The van der Waals surface area contributed by atoms with Crippen molar-refractivity contribution in [2.24, 2.45) is 5.92 Å². The van der Waals surface area contributed by atoms with Gasteiger partial charge in [-0.25, -0.2) is 13.1 Å². The molecule has 2 fully saturated rings. The van der Waals surface area contributed by atoms with Gasteiger partial charge in [-0.05, 0) is 73.0 Å². The highest BCUT2D eigenvalue weighted by molar-refractivity contribution is 7.89. The van der Waals surface area contributed by atoms with Crippen molar-refractivity contribution in [2.45, 2.75) is 49.5 Å². The van der Waals surface area contributed by atoms with Gasteiger partial charge < -0.3 is 15.1 Å². The first-order valence-corrected chi connectivity index (χ1v) is 16.0. The number of benzene rings is 3. The number of anilines is 2. The number of aryl methyl sites for hydroxylation is 1. The van der Waals surface area contributed by atoms with Crippen molar-refractivity contribution in [3.8, 4) is 0 Å². The number of piperazine rings is 1. The topological polar surface area (TPSA) is 81.8 Å². The van der Waals surface area contributed by atoms with Crippen LogP contribution >= 0.6 is 0 Å². The van der Waals surface area contributed by atoms with Gasteiger partial charge in [0.1, 0.15) is 4.90 Å². The summed E-state index contributed by atoms with van der Waals surface area (Å²) < 4.78 is 31.1. The molecule has 0 bridgehead atoms. The van der Waals surface area contributed by atoms with Gasteiger partial charge in [0, 0.05) is 43.8 Å². The van der Waals surface area contributed by atoms with Gasteiger partial charge in [0.2, 0.25) is 15.9 Å². The third kappa shape index (κ3) is 5.66. The van der Waals surface area contributed by atoms with Gasteiger partial charge in [-0.1, -0.05) is 61.5 Å². The molecule has 3 aromatic carbocycles. The minimum Gasteiger partial charge on any atom is -0.368 e. The summed E-state index contributed by atoms with van der Waals surface area (Å²) in [5.74, 6) is 0.0587. The van der Waals surface area contributed by atoms with Crippen molar-refractivity contribution < 1.29 is 13.2 Å². The van der Waals surface area contributed by atoms with Gasteiger partial charge in [0.15, 0.2) is 0 Å². The van der Waals surface area contributed by atoms with Crippen LogP contribution in [-0.2, 0) is 21.2 Å². The molecule has 2 unspecified atom stereocenters. The molecule has 3 atom stereocenters. The Labute approximate surface area is 237 Å². The molecule has 0 aromatic heterocycles. The number of likely N-dealkylation sites (N-methyl/N-ethyl adjacent to an activating group) is 1. The zero-order valence-corrected chi connectivity index (χ0v) is 23.9. The largest absolute Gasteiger partial charge is 0.368 e. The number of sulfonamides is 1. The first-order chi connectivity index (χ1) is 19.4. The quantitative estimate of drug-likeness (QED) is 0.410. The van der Waals surface area contributed by atoms with E-state index in [9.17, 15) is 13.2 Å². The summed E-state index contributed by atoms with van der Waals surface area (Å²) in [6.45, 7) is 6.43. The molecule has 1 saturated heterocycles. The highest BCUT2D eigenvalue weighted by Gasteiger charge is 2.44. The molecule has 8 heteroatoms. The lowest BCUT2D eigenvalue weighted by Gasteiger charge is -2.36. The van der Waals surface area contributed by atoms with Crippen LogP contribution in [0.3, 0.4) is 0 Å². The normalized spacial score (nSPS) is 22.9. The van der Waals surface area contributed by atoms with Crippen LogP contribution < -0.4 is 14.9 Å². The highest BCUT2D eigenvalue weighted by Crippen LogP contribution is 2.48. The molecule has 0 radical (unpaired) electrons. The molecule has 2 aliphatic carbocycles. The Bertz CT molecular complexity index is 1470. The van der Waals surface area contributed by atoms with Crippen molar-refractivity contribution in [3.63, 3.8) is 0 Å². The number of amides is 1. The van der Waals surface area contributed by atoms with E-state index in [2.05, 4.69) is 45.0 Å². The van der Waals surface area contributed by atoms with Gasteiger partial charge in [-0.2, -0.15) is 0 Å². The van der Waals surface area contributed by atoms with Crippen molar-refractivity contribution in [1.29, 1.82) is 0 Å². The van der Waals surface area contributed by atoms with Crippen LogP contribution in [0.5, 0.6) is 0 Å². The van der Waals surface area contributed by atoms with Crippen LogP contribution in [0.15, 0.2) is 77.7 Å². The number of carbonyl (C=O) groups excluding carboxylic acids is 1. The average Bonchev–Trinajstić information content (AvgIpc) is 3.79. The van der Waals surface area contributed by atoms with Gasteiger partial charge in [0.25, 0.3) is 0 Å². The van der Waals surface area contributed by atoms with Crippen LogP contribution in [-0.4, -0.2) is 51.9 Å². The number of hydrogen-bond donors (Lipinski definition) is 2. The van der Waals surface area contributed by atoms with E-state index in [-0.39, 0.29) is 28.7 Å². The average molecular weight is 559 g/mol. The minimum absolute atomic E-state index is 0.0596. The summed E-state index contributed by atoms with van der Waals surface area (Å²) in [4.78, 5) is 17.9. The molecular formula is C32H38N4O3S. The number of nitrogens with one attached hydrogen (secondary N) is 2. The Morgan fingerprint density at radius 2 is 1.70 bits per heavy atom. The van der Waals surface area contributed by atoms with E-state index >= 15 is 0 Å². The SMILES string of the molecule is CCN1CCN(c2ccc(NC(=O)C3C[C@H]3c3ccccc3)cc2S(=O)(=O)NC2CCCc3ccccc32)CC1. The van der Waals surface area contributed by atoms with E-state index in [4.69, 9.17) is 0 Å². The fourth-order valence-corrected chi connectivity index (χ4v) is 7.79. The number of nitrogens with zero attached hydrogens (tertiary/aromatic N) is 2. The van der Waals surface area contributed by atoms with Crippen LogP contribution in [0.25, 0.3) is 0 Å². The standard InChI is InChI=1S/C32H38N4O3S/c1-2-35-17-19-36(20-18-35)30-16-15-25(33-32(37)28-22-27(28)24-9-4-3-5-10-24)21-31(30)40(38,39)34-29-14-8-12-23-11-6-7-13-26(23)29/h3-7,9-11,13,15-16,21,27-29,34H,2,8,12,14,17-20,22H2,1H3,(H,33,37)/t27-,28?,29?/m0/s1. The van der Waals surface area contributed by atoms with E-state index in [0.29, 0.717) is 11.4 Å². The smallest absolute Gasteiger partial charge is 0.243 e. The molecular weight excluding hydrogens is 520 g/mol. The molecule has 2 N–H and O–H groups in total. The van der Waals surface area contributed by atoms with E-state index in [1.807, 2.05) is 48.5 Å². The molecule has 3 aliphatic rings. The number of rotatable bonds is 8. The number of fused-ring (bicyclic) bond motifs is 1. The molecule has 1 saturated carbocycles. The second-order valence-corrected chi connectivity index (χ2v) is 12.9. The summed E-state index contributed by atoms with van der Waals surface area (Å²) >= 11 is 0. The highest BCUT2D eigenvalue weighted by atomic mass is 32.2. The molecule has 7 nitrogen and oxygen atoms in total. The first-order valence-electron chi connectivity index (χ1n) is 14.5. The Morgan fingerprint density at radius 1 is 0.950 bits per heavy atom. The zero-order valence-electron chi connectivity index (χ0n) is 23.1. The van der Waals surface area contributed by atoms with E-state index in [1.165, 1.54) is 11.1 Å². The minimum atomic E-state index is -3.87. The van der Waals surface area contributed by atoms with Crippen LogP contribution in [0.4, 0.5) is 11.4 Å². The fraction of sp³-hybridized carbons (Fsp3) is 0.406. The van der Waals surface area contributed by atoms with E-state index < -0.39 is 10.0 Å². The lowest BCUT2D eigenvalue weighted by molar-refractivity contribution is -0.117.